The summed E-state index contributed by atoms with van der Waals surface area (Å²) in [7, 11) is 0. The number of hydrogen-bond acceptors (Lipinski definition) is 4. The highest BCUT2D eigenvalue weighted by Gasteiger charge is 2.07. The minimum Gasteiger partial charge on any atom is -0.508 e. The number of rotatable bonds is 4. The summed E-state index contributed by atoms with van der Waals surface area (Å²) in [6, 6.07) is 13.6. The Bertz CT molecular complexity index is 734. The fourth-order valence-electron chi connectivity index (χ4n) is 2.32. The van der Waals surface area contributed by atoms with Crippen LogP contribution in [0.25, 0.3) is 10.8 Å². The fraction of sp³-hybridized carbons (Fsp3) is 0.188. The third kappa shape index (κ3) is 2.51. The molecule has 0 aliphatic carbocycles. The normalized spacial score (nSPS) is 11.1. The zero-order valence-corrected chi connectivity index (χ0v) is 11.3. The van der Waals surface area contributed by atoms with E-state index in [4.69, 9.17) is 4.52 Å². The van der Waals surface area contributed by atoms with Crippen LogP contribution >= 0.6 is 0 Å². The molecule has 0 amide bonds. The molecule has 0 radical (unpaired) electrons. The average Bonchev–Trinajstić information content (AvgIpc) is 2.87. The van der Waals surface area contributed by atoms with Crippen molar-refractivity contribution in [2.45, 2.75) is 20.0 Å². The topological polar surface area (TPSA) is 58.3 Å². The Morgan fingerprint density at radius 2 is 2.00 bits per heavy atom. The summed E-state index contributed by atoms with van der Waals surface area (Å²) in [5, 5.41) is 19.3. The first-order valence-electron chi connectivity index (χ1n) is 6.56. The highest BCUT2D eigenvalue weighted by atomic mass is 16.5. The molecular weight excluding hydrogens is 252 g/mol. The molecule has 1 heterocycles. The van der Waals surface area contributed by atoms with Crippen molar-refractivity contribution in [1.82, 2.24) is 10.5 Å². The van der Waals surface area contributed by atoms with Crippen molar-refractivity contribution in [2.24, 2.45) is 0 Å². The molecule has 0 saturated heterocycles. The number of aromatic nitrogens is 1. The third-order valence-corrected chi connectivity index (χ3v) is 3.29. The minimum absolute atomic E-state index is 0.310. The molecular formula is C16H16N2O2. The lowest BCUT2D eigenvalue weighted by Crippen LogP contribution is -2.12. The lowest BCUT2D eigenvalue weighted by atomic mass is 10.0. The highest BCUT2D eigenvalue weighted by Crippen LogP contribution is 2.26. The number of fused-ring (bicyclic) bond motifs is 1. The molecule has 0 spiro atoms. The van der Waals surface area contributed by atoms with Crippen molar-refractivity contribution in [3.8, 4) is 5.75 Å². The first kappa shape index (κ1) is 12.7. The van der Waals surface area contributed by atoms with E-state index in [0.717, 1.165) is 27.8 Å². The molecule has 0 aliphatic rings. The van der Waals surface area contributed by atoms with E-state index >= 15 is 0 Å². The molecule has 2 N–H and O–H groups in total. The average molecular weight is 268 g/mol. The van der Waals surface area contributed by atoms with E-state index in [0.29, 0.717) is 18.8 Å². The summed E-state index contributed by atoms with van der Waals surface area (Å²) in [4.78, 5) is 0. The van der Waals surface area contributed by atoms with Crippen molar-refractivity contribution in [1.29, 1.82) is 0 Å². The van der Waals surface area contributed by atoms with Gasteiger partial charge in [0.1, 0.15) is 5.75 Å². The first-order valence-corrected chi connectivity index (χ1v) is 6.56. The van der Waals surface area contributed by atoms with E-state index in [1.54, 1.807) is 6.07 Å². The lowest BCUT2D eigenvalue weighted by molar-refractivity contribution is 0.369. The zero-order chi connectivity index (χ0) is 13.9. The van der Waals surface area contributed by atoms with Gasteiger partial charge in [-0.1, -0.05) is 35.5 Å². The molecule has 3 aromatic rings. The third-order valence-electron chi connectivity index (χ3n) is 3.29. The van der Waals surface area contributed by atoms with Crippen molar-refractivity contribution in [2.75, 3.05) is 0 Å². The Labute approximate surface area is 117 Å². The van der Waals surface area contributed by atoms with Gasteiger partial charge in [0.2, 0.25) is 0 Å². The maximum absolute atomic E-state index is 10.0. The van der Waals surface area contributed by atoms with E-state index in [1.165, 1.54) is 0 Å². The van der Waals surface area contributed by atoms with Crippen LogP contribution in [0, 0.1) is 6.92 Å². The zero-order valence-electron chi connectivity index (χ0n) is 11.3. The van der Waals surface area contributed by atoms with Gasteiger partial charge in [0.25, 0.3) is 0 Å². The van der Waals surface area contributed by atoms with E-state index in [9.17, 15) is 5.11 Å². The number of phenolic OH excluding ortho intramolecular Hbond substituents is 1. The number of phenols is 1. The van der Waals surface area contributed by atoms with Gasteiger partial charge in [-0.15, -0.1) is 0 Å². The van der Waals surface area contributed by atoms with Crippen LogP contribution in [0.1, 0.15) is 17.0 Å². The van der Waals surface area contributed by atoms with Gasteiger partial charge < -0.3 is 14.9 Å². The summed E-state index contributed by atoms with van der Waals surface area (Å²) < 4.78 is 5.14. The van der Waals surface area contributed by atoms with Crippen LogP contribution in [0.5, 0.6) is 5.75 Å². The van der Waals surface area contributed by atoms with E-state index in [1.807, 2.05) is 43.3 Å². The SMILES string of the molecule is Cc1cc(CNCc2c(O)ccc3ccccc23)on1. The molecule has 1 aromatic heterocycles. The predicted molar refractivity (Wildman–Crippen MR) is 77.4 cm³/mol. The molecule has 4 nitrogen and oxygen atoms in total. The number of hydrogen-bond donors (Lipinski definition) is 2. The standard InChI is InChI=1S/C16H16N2O2/c1-11-8-13(20-18-11)9-17-10-15-14-5-3-2-4-12(14)6-7-16(15)19/h2-8,17,19H,9-10H2,1H3. The number of aryl methyl sites for hydroxylation is 1. The van der Waals surface area contributed by atoms with Crippen molar-refractivity contribution >= 4 is 10.8 Å². The van der Waals surface area contributed by atoms with Gasteiger partial charge in [0, 0.05) is 18.2 Å². The maximum Gasteiger partial charge on any atom is 0.150 e. The van der Waals surface area contributed by atoms with Crippen LogP contribution in [0.15, 0.2) is 47.0 Å². The predicted octanol–water partition coefficient (Wildman–Crippen LogP) is 3.13. The Morgan fingerprint density at radius 1 is 1.15 bits per heavy atom. The second-order valence-corrected chi connectivity index (χ2v) is 4.82. The van der Waals surface area contributed by atoms with Crippen molar-refractivity contribution in [3.63, 3.8) is 0 Å². The van der Waals surface area contributed by atoms with E-state index in [2.05, 4.69) is 10.5 Å². The van der Waals surface area contributed by atoms with Crippen LogP contribution in [-0.2, 0) is 13.1 Å². The van der Waals surface area contributed by atoms with E-state index < -0.39 is 0 Å². The molecule has 0 fully saturated rings. The minimum atomic E-state index is 0.310. The van der Waals surface area contributed by atoms with Crippen molar-refractivity contribution in [3.05, 3.63) is 59.5 Å². The Balaban J connectivity index is 1.78. The molecule has 20 heavy (non-hydrogen) atoms. The largest absolute Gasteiger partial charge is 0.508 e. The second kappa shape index (κ2) is 5.35. The molecule has 0 atom stereocenters. The van der Waals surface area contributed by atoms with Crippen LogP contribution < -0.4 is 5.32 Å². The summed E-state index contributed by atoms with van der Waals surface area (Å²) in [6.07, 6.45) is 0. The highest BCUT2D eigenvalue weighted by molar-refractivity contribution is 5.87. The molecule has 2 aromatic carbocycles. The molecule has 0 aliphatic heterocycles. The van der Waals surface area contributed by atoms with Crippen LogP contribution in [-0.4, -0.2) is 10.3 Å². The Morgan fingerprint density at radius 3 is 2.80 bits per heavy atom. The summed E-state index contributed by atoms with van der Waals surface area (Å²) >= 11 is 0. The number of nitrogens with one attached hydrogen (secondary N) is 1. The van der Waals surface area contributed by atoms with Gasteiger partial charge in [0.15, 0.2) is 5.76 Å². The summed E-state index contributed by atoms with van der Waals surface area (Å²) in [6.45, 7) is 3.06. The van der Waals surface area contributed by atoms with Gasteiger partial charge >= 0.3 is 0 Å². The molecule has 0 saturated carbocycles. The molecule has 4 heteroatoms. The van der Waals surface area contributed by atoms with E-state index in [-0.39, 0.29) is 0 Å². The molecule has 3 rings (SSSR count). The van der Waals surface area contributed by atoms with Crippen LogP contribution in [0.2, 0.25) is 0 Å². The number of aromatic hydroxyl groups is 1. The first-order chi connectivity index (χ1) is 9.74. The second-order valence-electron chi connectivity index (χ2n) is 4.82. The van der Waals surface area contributed by atoms with Gasteiger partial charge in [0.05, 0.1) is 12.2 Å². The van der Waals surface area contributed by atoms with Gasteiger partial charge in [-0.05, 0) is 23.8 Å². The number of benzene rings is 2. The summed E-state index contributed by atoms with van der Waals surface area (Å²) in [5.41, 5.74) is 1.77. The quantitative estimate of drug-likeness (QED) is 0.763. The van der Waals surface area contributed by atoms with Gasteiger partial charge in [-0.2, -0.15) is 0 Å². The number of nitrogens with zero attached hydrogens (tertiary/aromatic N) is 1. The lowest BCUT2D eigenvalue weighted by Gasteiger charge is -2.09. The van der Waals surface area contributed by atoms with Crippen molar-refractivity contribution < 1.29 is 9.63 Å². The monoisotopic (exact) mass is 268 g/mol. The Hall–Kier alpha value is -2.33. The van der Waals surface area contributed by atoms with Gasteiger partial charge in [-0.3, -0.25) is 0 Å². The summed E-state index contributed by atoms with van der Waals surface area (Å²) in [5.74, 6) is 1.10. The molecule has 102 valence electrons. The fourth-order valence-corrected chi connectivity index (χ4v) is 2.32. The van der Waals surface area contributed by atoms with Crippen LogP contribution in [0.3, 0.4) is 0 Å². The molecule has 0 unspecified atom stereocenters. The molecule has 0 bridgehead atoms. The smallest absolute Gasteiger partial charge is 0.150 e. The van der Waals surface area contributed by atoms with Crippen LogP contribution in [0.4, 0.5) is 0 Å². The Kier molecular flexibility index (Phi) is 3.39. The van der Waals surface area contributed by atoms with Gasteiger partial charge in [-0.25, -0.2) is 0 Å². The maximum atomic E-state index is 10.0.